The zero-order valence-electron chi connectivity index (χ0n) is 17.7. The van der Waals surface area contributed by atoms with E-state index in [1.807, 2.05) is 42.5 Å². The van der Waals surface area contributed by atoms with E-state index in [0.717, 1.165) is 11.1 Å². The van der Waals surface area contributed by atoms with Gasteiger partial charge in [0.05, 0.1) is 6.61 Å². The minimum atomic E-state index is -4.32. The SMILES string of the molecule is CN=C(NCCC(=O)NCc1ccccc1)NCc1ccc(COCC(F)(F)F)cc1.I. The van der Waals surface area contributed by atoms with Crippen LogP contribution in [0.3, 0.4) is 0 Å². The molecule has 0 atom stereocenters. The number of ether oxygens (including phenoxy) is 1. The Morgan fingerprint density at radius 2 is 1.50 bits per heavy atom. The number of alkyl halides is 3. The van der Waals surface area contributed by atoms with E-state index in [1.165, 1.54) is 0 Å². The molecule has 0 aromatic heterocycles. The Hall–Kier alpha value is -2.34. The number of nitrogens with one attached hydrogen (secondary N) is 3. The van der Waals surface area contributed by atoms with E-state index >= 15 is 0 Å². The fraction of sp³-hybridized carbons (Fsp3) is 0.364. The number of benzene rings is 2. The van der Waals surface area contributed by atoms with Gasteiger partial charge in [-0.3, -0.25) is 9.79 Å². The maximum Gasteiger partial charge on any atom is 0.411 e. The van der Waals surface area contributed by atoms with E-state index < -0.39 is 12.8 Å². The van der Waals surface area contributed by atoms with E-state index in [4.69, 9.17) is 0 Å². The van der Waals surface area contributed by atoms with Crippen LogP contribution in [0.15, 0.2) is 59.6 Å². The van der Waals surface area contributed by atoms with Gasteiger partial charge in [0.2, 0.25) is 5.91 Å². The van der Waals surface area contributed by atoms with Crippen LogP contribution in [0.2, 0.25) is 0 Å². The Morgan fingerprint density at radius 3 is 2.12 bits per heavy atom. The second-order valence-electron chi connectivity index (χ2n) is 6.79. The summed E-state index contributed by atoms with van der Waals surface area (Å²) < 4.78 is 40.9. The van der Waals surface area contributed by atoms with E-state index in [-0.39, 0.29) is 36.5 Å². The third-order valence-corrected chi connectivity index (χ3v) is 4.22. The lowest BCUT2D eigenvalue weighted by Crippen LogP contribution is -2.38. The number of rotatable bonds is 10. The zero-order valence-corrected chi connectivity index (χ0v) is 20.1. The highest BCUT2D eigenvalue weighted by Gasteiger charge is 2.27. The molecule has 0 unspecified atom stereocenters. The molecule has 2 aromatic carbocycles. The Labute approximate surface area is 203 Å². The molecule has 0 heterocycles. The summed E-state index contributed by atoms with van der Waals surface area (Å²) in [6.07, 6.45) is -4.02. The molecule has 1 amide bonds. The molecule has 0 aliphatic heterocycles. The number of halogens is 4. The highest BCUT2D eigenvalue weighted by Crippen LogP contribution is 2.15. The Balaban J connectivity index is 0.00000512. The number of hydrogen-bond donors (Lipinski definition) is 3. The Kier molecular flexibility index (Phi) is 12.7. The van der Waals surface area contributed by atoms with Gasteiger partial charge in [0.25, 0.3) is 0 Å². The smallest absolute Gasteiger partial charge is 0.367 e. The molecule has 0 fully saturated rings. The maximum absolute atomic E-state index is 12.1. The number of carbonyl (C=O) groups is 1. The molecule has 176 valence electrons. The predicted octanol–water partition coefficient (Wildman–Crippen LogP) is 3.76. The summed E-state index contributed by atoms with van der Waals surface area (Å²) in [6.45, 7) is 0.0363. The fourth-order valence-corrected chi connectivity index (χ4v) is 2.62. The van der Waals surface area contributed by atoms with Crippen molar-refractivity contribution in [3.05, 3.63) is 71.3 Å². The molecule has 0 saturated heterocycles. The van der Waals surface area contributed by atoms with Crippen LogP contribution in [0.5, 0.6) is 0 Å². The first-order valence-electron chi connectivity index (χ1n) is 9.83. The number of hydrogen-bond acceptors (Lipinski definition) is 3. The van der Waals surface area contributed by atoms with Crippen molar-refractivity contribution >= 4 is 35.8 Å². The van der Waals surface area contributed by atoms with Crippen molar-refractivity contribution in [2.75, 3.05) is 20.2 Å². The monoisotopic (exact) mass is 564 g/mol. The van der Waals surface area contributed by atoms with Crippen molar-refractivity contribution < 1.29 is 22.7 Å². The normalized spacial score (nSPS) is 11.4. The lowest BCUT2D eigenvalue weighted by Gasteiger charge is -2.12. The van der Waals surface area contributed by atoms with E-state index in [0.29, 0.717) is 37.6 Å². The van der Waals surface area contributed by atoms with Crippen LogP contribution >= 0.6 is 24.0 Å². The minimum absolute atomic E-state index is 0. The summed E-state index contributed by atoms with van der Waals surface area (Å²) in [5.74, 6) is 0.489. The molecule has 0 saturated carbocycles. The molecule has 0 aliphatic carbocycles. The van der Waals surface area contributed by atoms with Crippen molar-refractivity contribution in [2.24, 2.45) is 4.99 Å². The van der Waals surface area contributed by atoms with Crippen LogP contribution in [-0.2, 0) is 29.2 Å². The van der Waals surface area contributed by atoms with Crippen LogP contribution in [0.1, 0.15) is 23.1 Å². The number of aliphatic imine (C=N–C) groups is 1. The molecular formula is C22H28F3IN4O2. The zero-order chi connectivity index (χ0) is 22.5. The van der Waals surface area contributed by atoms with Gasteiger partial charge in [-0.25, -0.2) is 0 Å². The van der Waals surface area contributed by atoms with Crippen molar-refractivity contribution in [2.45, 2.75) is 32.3 Å². The lowest BCUT2D eigenvalue weighted by molar-refractivity contribution is -0.176. The summed E-state index contributed by atoms with van der Waals surface area (Å²) in [5.41, 5.74) is 2.64. The summed E-state index contributed by atoms with van der Waals surface area (Å²) in [7, 11) is 1.63. The number of guanidine groups is 1. The third-order valence-electron chi connectivity index (χ3n) is 4.22. The van der Waals surface area contributed by atoms with Crippen molar-refractivity contribution in [3.63, 3.8) is 0 Å². The average molecular weight is 564 g/mol. The van der Waals surface area contributed by atoms with Crippen LogP contribution in [0, 0.1) is 0 Å². The van der Waals surface area contributed by atoms with E-state index in [1.54, 1.807) is 19.2 Å². The van der Waals surface area contributed by atoms with Crippen LogP contribution < -0.4 is 16.0 Å². The second-order valence-corrected chi connectivity index (χ2v) is 6.79. The average Bonchev–Trinajstić information content (AvgIpc) is 2.75. The van der Waals surface area contributed by atoms with Gasteiger partial charge in [-0.15, -0.1) is 24.0 Å². The third kappa shape index (κ3) is 11.9. The highest BCUT2D eigenvalue weighted by atomic mass is 127. The van der Waals surface area contributed by atoms with Crippen molar-refractivity contribution in [3.8, 4) is 0 Å². The van der Waals surface area contributed by atoms with E-state index in [2.05, 4.69) is 25.7 Å². The number of nitrogens with zero attached hydrogens (tertiary/aromatic N) is 1. The molecule has 0 bridgehead atoms. The van der Waals surface area contributed by atoms with Crippen molar-refractivity contribution in [1.29, 1.82) is 0 Å². The van der Waals surface area contributed by atoms with Gasteiger partial charge in [0, 0.05) is 33.1 Å². The van der Waals surface area contributed by atoms with Crippen molar-refractivity contribution in [1.82, 2.24) is 16.0 Å². The molecule has 0 radical (unpaired) electrons. The molecule has 0 spiro atoms. The summed E-state index contributed by atoms with van der Waals surface area (Å²) >= 11 is 0. The molecule has 2 aromatic rings. The molecule has 3 N–H and O–H groups in total. The fourth-order valence-electron chi connectivity index (χ4n) is 2.62. The predicted molar refractivity (Wildman–Crippen MR) is 129 cm³/mol. The molecule has 6 nitrogen and oxygen atoms in total. The molecular weight excluding hydrogens is 536 g/mol. The Morgan fingerprint density at radius 1 is 0.906 bits per heavy atom. The van der Waals surface area contributed by atoms with Crippen LogP contribution in [0.25, 0.3) is 0 Å². The lowest BCUT2D eigenvalue weighted by atomic mass is 10.1. The van der Waals surface area contributed by atoms with Gasteiger partial charge in [-0.1, -0.05) is 54.6 Å². The van der Waals surface area contributed by atoms with Gasteiger partial charge < -0.3 is 20.7 Å². The first-order chi connectivity index (χ1) is 14.9. The van der Waals surface area contributed by atoms with Gasteiger partial charge >= 0.3 is 6.18 Å². The standard InChI is InChI=1S/C22H27F3N4O2.HI/c1-26-21(27-12-11-20(30)28-13-17-5-3-2-4-6-17)29-14-18-7-9-19(10-8-18)15-31-16-22(23,24)25;/h2-10H,11-16H2,1H3,(H,28,30)(H2,26,27,29);1H. The van der Waals surface area contributed by atoms with Gasteiger partial charge in [-0.05, 0) is 16.7 Å². The van der Waals surface area contributed by atoms with E-state index in [9.17, 15) is 18.0 Å². The topological polar surface area (TPSA) is 74.8 Å². The minimum Gasteiger partial charge on any atom is -0.367 e. The summed E-state index contributed by atoms with van der Waals surface area (Å²) in [4.78, 5) is 16.1. The Bertz CT molecular complexity index is 831. The van der Waals surface area contributed by atoms with Gasteiger partial charge in [-0.2, -0.15) is 13.2 Å². The summed E-state index contributed by atoms with van der Waals surface area (Å²) in [6, 6.07) is 16.7. The largest absolute Gasteiger partial charge is 0.411 e. The molecule has 10 heteroatoms. The first kappa shape index (κ1) is 27.7. The van der Waals surface area contributed by atoms with Gasteiger partial charge in [0.1, 0.15) is 6.61 Å². The molecule has 2 rings (SSSR count). The van der Waals surface area contributed by atoms with Crippen LogP contribution in [0.4, 0.5) is 13.2 Å². The number of amides is 1. The molecule has 32 heavy (non-hydrogen) atoms. The molecule has 0 aliphatic rings. The summed E-state index contributed by atoms with van der Waals surface area (Å²) in [5, 5.41) is 9.07. The first-order valence-corrected chi connectivity index (χ1v) is 9.83. The van der Waals surface area contributed by atoms with Crippen LogP contribution in [-0.4, -0.2) is 38.2 Å². The number of carbonyl (C=O) groups excluding carboxylic acids is 1. The maximum atomic E-state index is 12.1. The quantitative estimate of drug-likeness (QED) is 0.234. The van der Waals surface area contributed by atoms with Gasteiger partial charge in [0.15, 0.2) is 5.96 Å². The second kappa shape index (κ2) is 14.7. The highest BCUT2D eigenvalue weighted by molar-refractivity contribution is 14.0.